The molecule has 3 N–H and O–H groups in total. The molecule has 0 saturated heterocycles. The lowest BCUT2D eigenvalue weighted by atomic mass is 10.0. The van der Waals surface area contributed by atoms with E-state index in [2.05, 4.69) is 0 Å². The minimum atomic E-state index is -0.700. The predicted octanol–water partition coefficient (Wildman–Crippen LogP) is 1.89. The van der Waals surface area contributed by atoms with Crippen molar-refractivity contribution in [2.75, 3.05) is 7.11 Å². The molecule has 0 spiro atoms. The molecule has 1 unspecified atom stereocenters. The number of carbonyl (C=O) groups is 1. The minimum Gasteiger partial charge on any atom is -0.504 e. The lowest BCUT2D eigenvalue weighted by Crippen LogP contribution is -2.26. The molecular formula is C11H14ClNO3. The monoisotopic (exact) mass is 243 g/mol. The maximum Gasteiger partial charge on any atom is 0.183 e. The van der Waals surface area contributed by atoms with Crippen molar-refractivity contribution in [3.8, 4) is 11.5 Å². The van der Waals surface area contributed by atoms with Crippen LogP contribution in [0.15, 0.2) is 6.07 Å². The Morgan fingerprint density at radius 3 is 2.62 bits per heavy atom. The number of methoxy groups -OCH3 is 1. The first kappa shape index (κ1) is 12.8. The molecule has 0 fully saturated rings. The maximum absolute atomic E-state index is 11.7. The molecule has 1 atom stereocenters. The SMILES string of the molecule is COc1c(C)c(Cl)cc(C(=O)C(C)N)c1O. The van der Waals surface area contributed by atoms with E-state index in [0.29, 0.717) is 10.6 Å². The first-order valence-electron chi connectivity index (χ1n) is 4.76. The summed E-state index contributed by atoms with van der Waals surface area (Å²) in [6, 6.07) is 0.704. The van der Waals surface area contributed by atoms with Gasteiger partial charge >= 0.3 is 0 Å². The summed E-state index contributed by atoms with van der Waals surface area (Å²) in [5, 5.41) is 10.2. The van der Waals surface area contributed by atoms with Crippen LogP contribution in [-0.2, 0) is 0 Å². The Morgan fingerprint density at radius 2 is 2.19 bits per heavy atom. The number of nitrogens with two attached hydrogens (primary N) is 1. The summed E-state index contributed by atoms with van der Waals surface area (Å²) in [4.78, 5) is 11.7. The quantitative estimate of drug-likeness (QED) is 0.796. The number of rotatable bonds is 3. The number of benzene rings is 1. The second-order valence-electron chi connectivity index (χ2n) is 3.57. The predicted molar refractivity (Wildman–Crippen MR) is 62.4 cm³/mol. The minimum absolute atomic E-state index is 0.0856. The van der Waals surface area contributed by atoms with Crippen LogP contribution in [0.5, 0.6) is 11.5 Å². The molecule has 1 aromatic rings. The van der Waals surface area contributed by atoms with Crippen molar-refractivity contribution in [1.29, 1.82) is 0 Å². The van der Waals surface area contributed by atoms with E-state index in [0.717, 1.165) is 0 Å². The third-order valence-corrected chi connectivity index (χ3v) is 2.72. The zero-order valence-electron chi connectivity index (χ0n) is 9.37. The number of carbonyl (C=O) groups excluding carboxylic acids is 1. The summed E-state index contributed by atoms with van der Waals surface area (Å²) >= 11 is 5.93. The van der Waals surface area contributed by atoms with Crippen molar-refractivity contribution in [2.24, 2.45) is 5.73 Å². The molecule has 4 nitrogen and oxygen atoms in total. The number of aromatic hydroxyl groups is 1. The van der Waals surface area contributed by atoms with Crippen molar-refractivity contribution in [2.45, 2.75) is 19.9 Å². The number of hydrogen-bond donors (Lipinski definition) is 2. The van der Waals surface area contributed by atoms with Crippen molar-refractivity contribution in [1.82, 2.24) is 0 Å². The Bertz CT molecular complexity index is 430. The molecule has 0 bridgehead atoms. The first-order valence-corrected chi connectivity index (χ1v) is 5.13. The first-order chi connectivity index (χ1) is 7.40. The fourth-order valence-corrected chi connectivity index (χ4v) is 1.59. The zero-order valence-corrected chi connectivity index (χ0v) is 10.1. The van der Waals surface area contributed by atoms with Gasteiger partial charge in [0.2, 0.25) is 0 Å². The summed E-state index contributed by atoms with van der Waals surface area (Å²) < 4.78 is 5.00. The van der Waals surface area contributed by atoms with Gasteiger partial charge in [0, 0.05) is 10.6 Å². The molecule has 1 rings (SSSR count). The summed E-state index contributed by atoms with van der Waals surface area (Å²) in [5.74, 6) is -0.388. The zero-order chi connectivity index (χ0) is 12.5. The average Bonchev–Trinajstić information content (AvgIpc) is 2.23. The maximum atomic E-state index is 11.7. The van der Waals surface area contributed by atoms with Gasteiger partial charge in [0.05, 0.1) is 18.7 Å². The van der Waals surface area contributed by atoms with Crippen LogP contribution in [0.1, 0.15) is 22.8 Å². The van der Waals surface area contributed by atoms with Gasteiger partial charge in [-0.15, -0.1) is 0 Å². The van der Waals surface area contributed by atoms with Gasteiger partial charge in [-0.05, 0) is 19.9 Å². The van der Waals surface area contributed by atoms with E-state index in [9.17, 15) is 9.90 Å². The number of hydrogen-bond acceptors (Lipinski definition) is 4. The number of halogens is 1. The fraction of sp³-hybridized carbons (Fsp3) is 0.364. The Morgan fingerprint density at radius 1 is 1.62 bits per heavy atom. The van der Waals surface area contributed by atoms with Crippen LogP contribution in [0.2, 0.25) is 5.02 Å². The highest BCUT2D eigenvalue weighted by Gasteiger charge is 2.21. The molecule has 5 heteroatoms. The van der Waals surface area contributed by atoms with Gasteiger partial charge in [0.25, 0.3) is 0 Å². The lowest BCUT2D eigenvalue weighted by molar-refractivity contribution is 0.0964. The molecule has 0 aliphatic heterocycles. The van der Waals surface area contributed by atoms with Gasteiger partial charge in [-0.25, -0.2) is 0 Å². The molecule has 0 aromatic heterocycles. The second-order valence-corrected chi connectivity index (χ2v) is 3.97. The van der Waals surface area contributed by atoms with Crippen LogP contribution >= 0.6 is 11.6 Å². The van der Waals surface area contributed by atoms with E-state index in [-0.39, 0.29) is 22.8 Å². The number of ketones is 1. The summed E-state index contributed by atoms with van der Waals surface area (Å²) in [6.07, 6.45) is 0. The number of Topliss-reactive ketones (excluding diaryl/α,β-unsaturated/α-hetero) is 1. The number of phenols is 1. The molecule has 16 heavy (non-hydrogen) atoms. The van der Waals surface area contributed by atoms with Crippen molar-refractivity contribution >= 4 is 17.4 Å². The largest absolute Gasteiger partial charge is 0.504 e. The smallest absolute Gasteiger partial charge is 0.183 e. The van der Waals surface area contributed by atoms with E-state index >= 15 is 0 Å². The van der Waals surface area contributed by atoms with Crippen LogP contribution in [0.25, 0.3) is 0 Å². The van der Waals surface area contributed by atoms with E-state index in [1.807, 2.05) is 0 Å². The third-order valence-electron chi connectivity index (χ3n) is 2.32. The van der Waals surface area contributed by atoms with Gasteiger partial charge in [0.15, 0.2) is 17.3 Å². The molecule has 1 aromatic carbocycles. The Kier molecular flexibility index (Phi) is 3.78. The highest BCUT2D eigenvalue weighted by molar-refractivity contribution is 6.32. The van der Waals surface area contributed by atoms with E-state index in [1.54, 1.807) is 13.8 Å². The summed E-state index contributed by atoms with van der Waals surface area (Å²) in [6.45, 7) is 3.24. The molecule has 88 valence electrons. The van der Waals surface area contributed by atoms with Crippen LogP contribution in [0.3, 0.4) is 0 Å². The second kappa shape index (κ2) is 4.72. The van der Waals surface area contributed by atoms with Gasteiger partial charge in [-0.2, -0.15) is 0 Å². The molecule has 0 aliphatic rings. The van der Waals surface area contributed by atoms with E-state index < -0.39 is 6.04 Å². The molecule has 0 radical (unpaired) electrons. The Hall–Kier alpha value is -1.26. The van der Waals surface area contributed by atoms with Gasteiger partial charge in [-0.3, -0.25) is 4.79 Å². The molecule has 0 saturated carbocycles. The van der Waals surface area contributed by atoms with Crippen LogP contribution in [0.4, 0.5) is 0 Å². The molecule has 0 amide bonds. The summed E-state index contributed by atoms with van der Waals surface area (Å²) in [7, 11) is 1.40. The number of ether oxygens (including phenoxy) is 1. The van der Waals surface area contributed by atoms with Crippen LogP contribution in [0, 0.1) is 6.92 Å². The van der Waals surface area contributed by atoms with Crippen LogP contribution in [-0.4, -0.2) is 24.0 Å². The Labute approximate surface area is 99.0 Å². The molecular weight excluding hydrogens is 230 g/mol. The highest BCUT2D eigenvalue weighted by Crippen LogP contribution is 2.38. The normalized spacial score (nSPS) is 12.3. The van der Waals surface area contributed by atoms with E-state index in [1.165, 1.54) is 13.2 Å². The topological polar surface area (TPSA) is 72.5 Å². The van der Waals surface area contributed by atoms with Gasteiger partial charge < -0.3 is 15.6 Å². The lowest BCUT2D eigenvalue weighted by Gasteiger charge is -2.13. The van der Waals surface area contributed by atoms with Crippen LogP contribution < -0.4 is 10.5 Å². The number of phenolic OH excluding ortho intramolecular Hbond substituents is 1. The van der Waals surface area contributed by atoms with Crippen molar-refractivity contribution in [3.05, 3.63) is 22.2 Å². The average molecular weight is 244 g/mol. The highest BCUT2D eigenvalue weighted by atomic mass is 35.5. The van der Waals surface area contributed by atoms with Crippen molar-refractivity contribution < 1.29 is 14.6 Å². The van der Waals surface area contributed by atoms with E-state index in [4.69, 9.17) is 22.1 Å². The van der Waals surface area contributed by atoms with Gasteiger partial charge in [0.1, 0.15) is 0 Å². The summed E-state index contributed by atoms with van der Waals surface area (Å²) in [5.41, 5.74) is 6.14. The fourth-order valence-electron chi connectivity index (χ4n) is 1.39. The third kappa shape index (κ3) is 2.13. The Balaban J connectivity index is 3.43. The molecule has 0 heterocycles. The standard InChI is InChI=1S/C11H14ClNO3/c1-5-8(12)4-7(9(14)6(2)13)10(15)11(5)16-3/h4,6,15H,13H2,1-3H3. The van der Waals surface area contributed by atoms with Gasteiger partial charge in [-0.1, -0.05) is 11.6 Å². The molecule has 0 aliphatic carbocycles. The van der Waals surface area contributed by atoms with Crippen molar-refractivity contribution in [3.63, 3.8) is 0 Å².